The van der Waals surface area contributed by atoms with Crippen molar-refractivity contribution in [2.24, 2.45) is 5.92 Å². The molecule has 1 fully saturated rings. The first-order valence-electron chi connectivity index (χ1n) is 2.74. The third-order valence-corrected chi connectivity index (χ3v) is 1.25. The highest BCUT2D eigenvalue weighted by Gasteiger charge is 2.05. The largest absolute Gasteiger partial charge is 0.302 e. The molecule has 0 aromatic carbocycles. The number of nitrogens with one attached hydrogen (secondary N) is 1. The Morgan fingerprint density at radius 2 is 2.57 bits per heavy atom. The molecule has 0 bridgehead atoms. The van der Waals surface area contributed by atoms with Gasteiger partial charge in [-0.25, -0.2) is 5.48 Å². The lowest BCUT2D eigenvalue weighted by Gasteiger charge is -2.17. The molecular weight excluding hydrogens is 90.1 g/mol. The fourth-order valence-corrected chi connectivity index (χ4v) is 0.636. The minimum atomic E-state index is 0.800. The van der Waals surface area contributed by atoms with Gasteiger partial charge in [-0.2, -0.15) is 0 Å². The van der Waals surface area contributed by atoms with Crippen LogP contribution in [0.25, 0.3) is 0 Å². The summed E-state index contributed by atoms with van der Waals surface area (Å²) in [4.78, 5) is 4.89. The molecule has 2 heteroatoms. The van der Waals surface area contributed by atoms with E-state index in [4.69, 9.17) is 4.84 Å². The van der Waals surface area contributed by atoms with Gasteiger partial charge in [-0.15, -0.1) is 0 Å². The van der Waals surface area contributed by atoms with Gasteiger partial charge in [-0.05, 0) is 12.3 Å². The number of hydrogen-bond donors (Lipinski definition) is 1. The highest BCUT2D eigenvalue weighted by Crippen LogP contribution is 2.02. The molecule has 7 heavy (non-hydrogen) atoms. The summed E-state index contributed by atoms with van der Waals surface area (Å²) in [7, 11) is 0. The summed E-state index contributed by atoms with van der Waals surface area (Å²) in [6.45, 7) is 4.11. The topological polar surface area (TPSA) is 21.3 Å². The van der Waals surface area contributed by atoms with Crippen LogP contribution < -0.4 is 5.48 Å². The fourth-order valence-electron chi connectivity index (χ4n) is 0.636. The Morgan fingerprint density at radius 3 is 2.86 bits per heavy atom. The summed E-state index contributed by atoms with van der Waals surface area (Å²) in [6.07, 6.45) is 1.20. The van der Waals surface area contributed by atoms with Crippen molar-refractivity contribution < 1.29 is 4.84 Å². The Hall–Kier alpha value is -0.0800. The van der Waals surface area contributed by atoms with Gasteiger partial charge in [0.1, 0.15) is 0 Å². The minimum absolute atomic E-state index is 0.800. The molecule has 0 aromatic rings. The second-order valence-corrected chi connectivity index (χ2v) is 2.09. The third kappa shape index (κ3) is 1.45. The Labute approximate surface area is 43.8 Å². The zero-order chi connectivity index (χ0) is 5.11. The average Bonchev–Trinajstić information content (AvgIpc) is 1.69. The first-order chi connectivity index (χ1) is 3.39. The molecule has 1 heterocycles. The smallest absolute Gasteiger partial charge is 0.0685 e. The molecule has 1 atom stereocenters. The van der Waals surface area contributed by atoms with Gasteiger partial charge < -0.3 is 4.84 Å². The van der Waals surface area contributed by atoms with Crippen molar-refractivity contribution in [3.05, 3.63) is 0 Å². The summed E-state index contributed by atoms with van der Waals surface area (Å²) < 4.78 is 0. The Kier molecular flexibility index (Phi) is 1.65. The van der Waals surface area contributed by atoms with Crippen LogP contribution in [0.3, 0.4) is 0 Å². The van der Waals surface area contributed by atoms with E-state index in [1.165, 1.54) is 6.42 Å². The molecule has 1 rings (SSSR count). The minimum Gasteiger partial charge on any atom is -0.302 e. The molecule has 1 aliphatic rings. The molecule has 0 unspecified atom stereocenters. The number of hydroxylamine groups is 1. The van der Waals surface area contributed by atoms with Crippen molar-refractivity contribution >= 4 is 0 Å². The van der Waals surface area contributed by atoms with Crippen molar-refractivity contribution in [3.63, 3.8) is 0 Å². The highest BCUT2D eigenvalue weighted by atomic mass is 16.6. The normalized spacial score (nSPS) is 33.0. The maximum Gasteiger partial charge on any atom is 0.0685 e. The second-order valence-electron chi connectivity index (χ2n) is 2.09. The van der Waals surface area contributed by atoms with Crippen molar-refractivity contribution in [1.29, 1.82) is 0 Å². The molecule has 0 aliphatic carbocycles. The molecule has 0 aromatic heterocycles. The fraction of sp³-hybridized carbons (Fsp3) is 1.00. The van der Waals surface area contributed by atoms with Gasteiger partial charge in [0.25, 0.3) is 0 Å². The van der Waals surface area contributed by atoms with E-state index in [-0.39, 0.29) is 0 Å². The highest BCUT2D eigenvalue weighted by molar-refractivity contribution is 4.55. The molecule has 0 amide bonds. The van der Waals surface area contributed by atoms with Gasteiger partial charge in [0.05, 0.1) is 6.61 Å². The lowest BCUT2D eigenvalue weighted by molar-refractivity contribution is -0.00631. The predicted molar refractivity (Wildman–Crippen MR) is 27.7 cm³/mol. The molecule has 1 aliphatic heterocycles. The van der Waals surface area contributed by atoms with E-state index in [1.54, 1.807) is 0 Å². The molecule has 0 saturated carbocycles. The number of rotatable bonds is 0. The third-order valence-electron chi connectivity index (χ3n) is 1.25. The van der Waals surface area contributed by atoms with E-state index in [0.717, 1.165) is 19.1 Å². The van der Waals surface area contributed by atoms with Crippen molar-refractivity contribution in [2.75, 3.05) is 13.2 Å². The Balaban J connectivity index is 2.12. The summed E-state index contributed by atoms with van der Waals surface area (Å²) in [5.41, 5.74) is 2.83. The van der Waals surface area contributed by atoms with E-state index in [0.29, 0.717) is 0 Å². The van der Waals surface area contributed by atoms with Gasteiger partial charge in [-0.3, -0.25) is 0 Å². The predicted octanol–water partition coefficient (Wildman–Crippen LogP) is 0.547. The van der Waals surface area contributed by atoms with E-state index >= 15 is 0 Å². The first-order valence-corrected chi connectivity index (χ1v) is 2.74. The molecule has 0 spiro atoms. The molecule has 2 nitrogen and oxygen atoms in total. The molecular formula is C5H11NO. The molecule has 1 saturated heterocycles. The Morgan fingerprint density at radius 1 is 1.71 bits per heavy atom. The maximum absolute atomic E-state index is 4.89. The van der Waals surface area contributed by atoms with Crippen LogP contribution >= 0.6 is 0 Å². The molecule has 42 valence electrons. The monoisotopic (exact) mass is 101 g/mol. The molecule has 1 N–H and O–H groups in total. The van der Waals surface area contributed by atoms with E-state index < -0.39 is 0 Å². The van der Waals surface area contributed by atoms with Gasteiger partial charge in [-0.1, -0.05) is 6.92 Å². The summed E-state index contributed by atoms with van der Waals surface area (Å²) in [5.74, 6) is 0.800. The maximum atomic E-state index is 4.89. The molecule has 0 radical (unpaired) electrons. The lowest BCUT2D eigenvalue weighted by Crippen LogP contribution is -2.28. The van der Waals surface area contributed by atoms with Crippen molar-refractivity contribution in [2.45, 2.75) is 13.3 Å². The van der Waals surface area contributed by atoms with Crippen molar-refractivity contribution in [3.8, 4) is 0 Å². The first kappa shape index (κ1) is 5.06. The summed E-state index contributed by atoms with van der Waals surface area (Å²) in [6, 6.07) is 0. The zero-order valence-electron chi connectivity index (χ0n) is 4.61. The van der Waals surface area contributed by atoms with Crippen LogP contribution in [0.15, 0.2) is 0 Å². The summed E-state index contributed by atoms with van der Waals surface area (Å²) in [5, 5.41) is 0. The van der Waals surface area contributed by atoms with Crippen LogP contribution in [0.2, 0.25) is 0 Å². The zero-order valence-corrected chi connectivity index (χ0v) is 4.61. The van der Waals surface area contributed by atoms with Crippen molar-refractivity contribution in [1.82, 2.24) is 5.48 Å². The van der Waals surface area contributed by atoms with Crippen LogP contribution in [0, 0.1) is 5.92 Å². The van der Waals surface area contributed by atoms with E-state index in [9.17, 15) is 0 Å². The van der Waals surface area contributed by atoms with Crippen LogP contribution in [-0.2, 0) is 4.84 Å². The van der Waals surface area contributed by atoms with Gasteiger partial charge in [0.15, 0.2) is 0 Å². The van der Waals surface area contributed by atoms with Crippen LogP contribution in [-0.4, -0.2) is 13.2 Å². The van der Waals surface area contributed by atoms with Crippen LogP contribution in [0.1, 0.15) is 13.3 Å². The van der Waals surface area contributed by atoms with E-state index in [1.807, 2.05) is 0 Å². The quantitative estimate of drug-likeness (QED) is 0.481. The van der Waals surface area contributed by atoms with Gasteiger partial charge in [0, 0.05) is 6.54 Å². The summed E-state index contributed by atoms with van der Waals surface area (Å²) >= 11 is 0. The van der Waals surface area contributed by atoms with Crippen LogP contribution in [0.5, 0.6) is 0 Å². The standard InChI is InChI=1S/C5H11NO/c1-5-2-3-7-6-4-5/h5-6H,2-4H2,1H3/t5-/m1/s1. The SMILES string of the molecule is C[C@@H]1CCONC1. The van der Waals surface area contributed by atoms with Crippen LogP contribution in [0.4, 0.5) is 0 Å². The second kappa shape index (κ2) is 2.28. The van der Waals surface area contributed by atoms with Gasteiger partial charge >= 0.3 is 0 Å². The Bertz CT molecular complexity index is 50.0. The lowest BCUT2D eigenvalue weighted by atomic mass is 10.1. The average molecular weight is 101 g/mol. The number of hydrogen-bond acceptors (Lipinski definition) is 2. The van der Waals surface area contributed by atoms with Gasteiger partial charge in [0.2, 0.25) is 0 Å². The van der Waals surface area contributed by atoms with E-state index in [2.05, 4.69) is 12.4 Å².